The van der Waals surface area contributed by atoms with Crippen LogP contribution in [-0.2, 0) is 16.0 Å². The number of rotatable bonds is 9. The summed E-state index contributed by atoms with van der Waals surface area (Å²) in [5.41, 5.74) is 2.23. The summed E-state index contributed by atoms with van der Waals surface area (Å²) in [6, 6.07) is 19.7. The van der Waals surface area contributed by atoms with E-state index < -0.39 is 5.25 Å². The molecule has 0 radical (unpaired) electrons. The van der Waals surface area contributed by atoms with E-state index in [4.69, 9.17) is 30.8 Å². The summed E-state index contributed by atoms with van der Waals surface area (Å²) >= 11 is 7.30. The maximum atomic E-state index is 13.3. The Kier molecular flexibility index (Phi) is 9.15. The van der Waals surface area contributed by atoms with E-state index >= 15 is 0 Å². The van der Waals surface area contributed by atoms with Gasteiger partial charge in [-0.15, -0.1) is 0 Å². The minimum absolute atomic E-state index is 0.0538. The molecule has 0 saturated carbocycles. The number of hydrogen-bond donors (Lipinski definition) is 1. The van der Waals surface area contributed by atoms with Crippen LogP contribution in [0.15, 0.2) is 71.7 Å². The Morgan fingerprint density at radius 3 is 2.37 bits per heavy atom. The van der Waals surface area contributed by atoms with Crippen LogP contribution in [0.1, 0.15) is 12.0 Å². The summed E-state index contributed by atoms with van der Waals surface area (Å²) in [6.07, 6.45) is 0.618. The first-order valence-corrected chi connectivity index (χ1v) is 13.1. The summed E-state index contributed by atoms with van der Waals surface area (Å²) in [7, 11) is 4.75. The van der Waals surface area contributed by atoms with Gasteiger partial charge in [0.25, 0.3) is 0 Å². The lowest BCUT2D eigenvalue weighted by atomic mass is 10.1. The molecule has 3 aromatic carbocycles. The Bertz CT molecular complexity index is 1320. The Balaban J connectivity index is 1.54. The highest BCUT2D eigenvalue weighted by Gasteiger charge is 2.35. The molecule has 1 atom stereocenters. The molecule has 4 rings (SSSR count). The van der Waals surface area contributed by atoms with Crippen LogP contribution < -0.4 is 19.5 Å². The number of aliphatic imine (C=N–C) groups is 1. The number of ether oxygens (including phenoxy) is 3. The molecule has 0 aliphatic carbocycles. The van der Waals surface area contributed by atoms with Gasteiger partial charge in [0.05, 0.1) is 27.0 Å². The van der Waals surface area contributed by atoms with Gasteiger partial charge >= 0.3 is 0 Å². The lowest BCUT2D eigenvalue weighted by molar-refractivity contribution is -0.129. The van der Waals surface area contributed by atoms with Crippen molar-refractivity contribution in [1.82, 2.24) is 4.90 Å². The van der Waals surface area contributed by atoms with Gasteiger partial charge in [-0.3, -0.25) is 14.5 Å². The third-order valence-corrected chi connectivity index (χ3v) is 7.35. The van der Waals surface area contributed by atoms with Crippen LogP contribution in [0.25, 0.3) is 0 Å². The van der Waals surface area contributed by atoms with Gasteiger partial charge in [0, 0.05) is 23.7 Å². The highest BCUT2D eigenvalue weighted by atomic mass is 35.5. The van der Waals surface area contributed by atoms with Gasteiger partial charge in [0.15, 0.2) is 16.7 Å². The number of nitrogens with zero attached hydrogens (tertiary/aromatic N) is 2. The highest BCUT2D eigenvalue weighted by Crippen LogP contribution is 2.32. The number of amidine groups is 1. The van der Waals surface area contributed by atoms with Crippen LogP contribution >= 0.6 is 23.4 Å². The zero-order chi connectivity index (χ0) is 27.1. The quantitative estimate of drug-likeness (QED) is 0.373. The summed E-state index contributed by atoms with van der Waals surface area (Å²) < 4.78 is 15.9. The minimum Gasteiger partial charge on any atom is -0.497 e. The molecule has 1 heterocycles. The summed E-state index contributed by atoms with van der Waals surface area (Å²) in [6.45, 7) is 0.389. The van der Waals surface area contributed by atoms with E-state index in [-0.39, 0.29) is 18.2 Å². The standard InChI is InChI=1S/C28H28ClN3O5S/c1-35-22-11-9-20(10-12-22)30-27(34)25-17-26(33)32(28(38-25)31-21-7-5-19(29)6-8-21)15-14-18-4-13-23(36-2)24(16-18)37-3/h4-13,16,25H,14-15,17H2,1-3H3,(H,30,34)/t25-/m0/s1. The predicted octanol–water partition coefficient (Wildman–Crippen LogP) is 5.57. The highest BCUT2D eigenvalue weighted by molar-refractivity contribution is 8.15. The number of anilines is 1. The number of carbonyl (C=O) groups excluding carboxylic acids is 2. The smallest absolute Gasteiger partial charge is 0.238 e. The fraction of sp³-hybridized carbons (Fsp3) is 0.250. The normalized spacial score (nSPS) is 16.3. The van der Waals surface area contributed by atoms with E-state index in [2.05, 4.69) is 5.32 Å². The lowest BCUT2D eigenvalue weighted by Gasteiger charge is -2.32. The van der Waals surface area contributed by atoms with Gasteiger partial charge in [-0.25, -0.2) is 4.99 Å². The van der Waals surface area contributed by atoms with Gasteiger partial charge in [-0.05, 0) is 72.6 Å². The second-order valence-electron chi connectivity index (χ2n) is 8.38. The van der Waals surface area contributed by atoms with Crippen molar-refractivity contribution in [2.24, 2.45) is 4.99 Å². The molecule has 8 nitrogen and oxygen atoms in total. The zero-order valence-electron chi connectivity index (χ0n) is 21.3. The number of amides is 2. The van der Waals surface area contributed by atoms with Crippen molar-refractivity contribution < 1.29 is 23.8 Å². The molecule has 1 N–H and O–H groups in total. The summed E-state index contributed by atoms with van der Waals surface area (Å²) in [4.78, 5) is 32.8. The minimum atomic E-state index is -0.631. The van der Waals surface area contributed by atoms with E-state index in [9.17, 15) is 9.59 Å². The van der Waals surface area contributed by atoms with Crippen molar-refractivity contribution in [1.29, 1.82) is 0 Å². The van der Waals surface area contributed by atoms with E-state index in [0.29, 0.717) is 51.8 Å². The lowest BCUT2D eigenvalue weighted by Crippen LogP contribution is -2.46. The van der Waals surface area contributed by atoms with Gasteiger partial charge in [0.1, 0.15) is 11.0 Å². The number of thioether (sulfide) groups is 1. The van der Waals surface area contributed by atoms with Crippen LogP contribution in [0.2, 0.25) is 5.02 Å². The number of halogens is 1. The van der Waals surface area contributed by atoms with E-state index in [0.717, 1.165) is 5.56 Å². The largest absolute Gasteiger partial charge is 0.497 e. The molecule has 38 heavy (non-hydrogen) atoms. The fourth-order valence-electron chi connectivity index (χ4n) is 3.86. The first-order valence-electron chi connectivity index (χ1n) is 11.9. The van der Waals surface area contributed by atoms with Crippen molar-refractivity contribution >= 4 is 51.7 Å². The van der Waals surface area contributed by atoms with Gasteiger partial charge in [0.2, 0.25) is 11.8 Å². The Morgan fingerprint density at radius 1 is 1.00 bits per heavy atom. The number of carbonyl (C=O) groups is 2. The maximum Gasteiger partial charge on any atom is 0.238 e. The SMILES string of the molecule is COc1ccc(NC(=O)[C@@H]2CC(=O)N(CCc3ccc(OC)c(OC)c3)C(=Nc3ccc(Cl)cc3)S2)cc1. The monoisotopic (exact) mass is 553 g/mol. The molecule has 198 valence electrons. The number of methoxy groups -OCH3 is 3. The van der Waals surface area contributed by atoms with Crippen molar-refractivity contribution in [2.75, 3.05) is 33.2 Å². The third kappa shape index (κ3) is 6.79. The second-order valence-corrected chi connectivity index (χ2v) is 9.99. The number of hydrogen-bond acceptors (Lipinski definition) is 7. The molecule has 0 unspecified atom stereocenters. The van der Waals surface area contributed by atoms with Gasteiger partial charge < -0.3 is 19.5 Å². The number of nitrogens with one attached hydrogen (secondary N) is 1. The topological polar surface area (TPSA) is 89.5 Å². The van der Waals surface area contributed by atoms with Crippen molar-refractivity contribution in [3.8, 4) is 17.2 Å². The van der Waals surface area contributed by atoms with E-state index in [1.165, 1.54) is 11.8 Å². The molecule has 0 bridgehead atoms. The average molecular weight is 554 g/mol. The van der Waals surface area contributed by atoms with E-state index in [1.807, 2.05) is 18.2 Å². The summed E-state index contributed by atoms with van der Waals surface area (Å²) in [5.74, 6) is 1.50. The van der Waals surface area contributed by atoms with E-state index in [1.54, 1.807) is 74.8 Å². The molecule has 10 heteroatoms. The molecule has 1 saturated heterocycles. The average Bonchev–Trinajstić information content (AvgIpc) is 2.93. The molecular weight excluding hydrogens is 526 g/mol. The third-order valence-electron chi connectivity index (χ3n) is 5.91. The molecule has 1 aliphatic heterocycles. The van der Waals surface area contributed by atoms with Crippen molar-refractivity contribution in [3.63, 3.8) is 0 Å². The number of benzene rings is 3. The molecule has 0 aromatic heterocycles. The molecule has 1 aliphatic rings. The fourth-order valence-corrected chi connectivity index (χ4v) is 5.11. The molecule has 1 fully saturated rings. The maximum absolute atomic E-state index is 13.3. The first-order chi connectivity index (χ1) is 18.4. The van der Waals surface area contributed by atoms with Crippen LogP contribution in [0.4, 0.5) is 11.4 Å². The van der Waals surface area contributed by atoms with Crippen molar-refractivity contribution in [2.45, 2.75) is 18.1 Å². The molecule has 3 aromatic rings. The zero-order valence-corrected chi connectivity index (χ0v) is 22.8. The van der Waals surface area contributed by atoms with Crippen LogP contribution in [0.3, 0.4) is 0 Å². The van der Waals surface area contributed by atoms with Gasteiger partial charge in [-0.1, -0.05) is 29.4 Å². The molecule has 0 spiro atoms. The Labute approximate surface area is 230 Å². The van der Waals surface area contributed by atoms with Crippen molar-refractivity contribution in [3.05, 3.63) is 77.3 Å². The Morgan fingerprint density at radius 2 is 1.71 bits per heavy atom. The second kappa shape index (κ2) is 12.7. The van der Waals surface area contributed by atoms with Crippen LogP contribution in [0, 0.1) is 0 Å². The Hall–Kier alpha value is -3.69. The summed E-state index contributed by atoms with van der Waals surface area (Å²) in [5, 5.41) is 3.30. The van der Waals surface area contributed by atoms with Crippen LogP contribution in [-0.4, -0.2) is 55.0 Å². The molecular formula is C28H28ClN3O5S. The predicted molar refractivity (Wildman–Crippen MR) is 151 cm³/mol. The van der Waals surface area contributed by atoms with Gasteiger partial charge in [-0.2, -0.15) is 0 Å². The first kappa shape index (κ1) is 27.3. The van der Waals surface area contributed by atoms with Crippen LogP contribution in [0.5, 0.6) is 17.2 Å². The molecule has 2 amide bonds.